The minimum atomic E-state index is -2.92. The Morgan fingerprint density at radius 2 is 2.05 bits per heavy atom. The monoisotopic (exact) mass is 324 g/mol. The van der Waals surface area contributed by atoms with Gasteiger partial charge in [-0.2, -0.15) is 8.78 Å². The molecule has 0 saturated heterocycles. The third-order valence-corrected chi connectivity index (χ3v) is 2.40. The maximum Gasteiger partial charge on any atom is 0.387 e. The van der Waals surface area contributed by atoms with Gasteiger partial charge in [-0.25, -0.2) is 0 Å². The fourth-order valence-electron chi connectivity index (χ4n) is 1.47. The van der Waals surface area contributed by atoms with Gasteiger partial charge in [-0.1, -0.05) is 6.07 Å². The predicted octanol–water partition coefficient (Wildman–Crippen LogP) is 2.07. The van der Waals surface area contributed by atoms with Crippen molar-refractivity contribution in [3.63, 3.8) is 0 Å². The van der Waals surface area contributed by atoms with Crippen LogP contribution >= 0.6 is 12.4 Å². The Morgan fingerprint density at radius 1 is 1.38 bits per heavy atom. The van der Waals surface area contributed by atoms with Crippen molar-refractivity contribution in [3.8, 4) is 11.5 Å². The van der Waals surface area contributed by atoms with Gasteiger partial charge in [-0.3, -0.25) is 4.79 Å². The quantitative estimate of drug-likeness (QED) is 0.805. The number of amides is 1. The van der Waals surface area contributed by atoms with Crippen LogP contribution in [-0.4, -0.2) is 25.2 Å². The molecule has 1 aromatic carbocycles. The van der Waals surface area contributed by atoms with Gasteiger partial charge >= 0.3 is 6.61 Å². The molecule has 1 amide bonds. The summed E-state index contributed by atoms with van der Waals surface area (Å²) in [7, 11) is 0. The number of carbonyl (C=O) groups is 1. The topological polar surface area (TPSA) is 73.6 Å². The molecule has 0 aliphatic rings. The highest BCUT2D eigenvalue weighted by Gasteiger charge is 2.12. The molecule has 1 atom stereocenters. The van der Waals surface area contributed by atoms with E-state index < -0.39 is 12.7 Å². The third kappa shape index (κ3) is 6.59. The van der Waals surface area contributed by atoms with Gasteiger partial charge in [0, 0.05) is 6.54 Å². The van der Waals surface area contributed by atoms with Crippen molar-refractivity contribution in [1.29, 1.82) is 0 Å². The summed E-state index contributed by atoms with van der Waals surface area (Å²) in [5.41, 5.74) is 6.11. The van der Waals surface area contributed by atoms with Crippen LogP contribution < -0.4 is 20.5 Å². The minimum Gasteiger partial charge on any atom is -0.490 e. The first-order valence-corrected chi connectivity index (χ1v) is 6.17. The van der Waals surface area contributed by atoms with Gasteiger partial charge in [-0.15, -0.1) is 12.4 Å². The Hall–Kier alpha value is -1.60. The van der Waals surface area contributed by atoms with E-state index in [2.05, 4.69) is 10.1 Å². The van der Waals surface area contributed by atoms with Crippen LogP contribution in [0.2, 0.25) is 0 Å². The van der Waals surface area contributed by atoms with Crippen LogP contribution in [0.5, 0.6) is 11.5 Å². The van der Waals surface area contributed by atoms with E-state index in [-0.39, 0.29) is 36.4 Å². The molecule has 120 valence electrons. The SMILES string of the molecule is CCOc1cc(CNC(=O)[C@H](C)N)ccc1OC(F)F.Cl. The fraction of sp³-hybridized carbons (Fsp3) is 0.462. The number of ether oxygens (including phenoxy) is 2. The molecule has 0 aliphatic carbocycles. The maximum atomic E-state index is 12.2. The van der Waals surface area contributed by atoms with E-state index in [4.69, 9.17) is 10.5 Å². The number of benzene rings is 1. The van der Waals surface area contributed by atoms with Crippen LogP contribution in [-0.2, 0) is 11.3 Å². The lowest BCUT2D eigenvalue weighted by atomic mass is 10.2. The van der Waals surface area contributed by atoms with E-state index in [9.17, 15) is 13.6 Å². The molecule has 0 aliphatic heterocycles. The lowest BCUT2D eigenvalue weighted by Crippen LogP contribution is -2.37. The first-order chi connectivity index (χ1) is 9.43. The summed E-state index contributed by atoms with van der Waals surface area (Å²) in [6.45, 7) is 0.930. The van der Waals surface area contributed by atoms with E-state index in [0.717, 1.165) is 0 Å². The zero-order chi connectivity index (χ0) is 15.1. The molecule has 0 bridgehead atoms. The van der Waals surface area contributed by atoms with Gasteiger partial charge in [0.1, 0.15) is 0 Å². The third-order valence-electron chi connectivity index (χ3n) is 2.40. The van der Waals surface area contributed by atoms with Crippen molar-refractivity contribution in [2.45, 2.75) is 33.0 Å². The number of rotatable bonds is 7. The molecule has 1 rings (SSSR count). The van der Waals surface area contributed by atoms with Crippen LogP contribution in [0, 0.1) is 0 Å². The molecular weight excluding hydrogens is 306 g/mol. The Balaban J connectivity index is 0.00000400. The second-order valence-electron chi connectivity index (χ2n) is 4.10. The number of halogens is 3. The molecule has 0 fully saturated rings. The van der Waals surface area contributed by atoms with E-state index >= 15 is 0 Å². The van der Waals surface area contributed by atoms with Crippen molar-refractivity contribution < 1.29 is 23.0 Å². The first kappa shape index (κ1) is 19.4. The number of nitrogens with one attached hydrogen (secondary N) is 1. The fourth-order valence-corrected chi connectivity index (χ4v) is 1.47. The van der Waals surface area contributed by atoms with Gasteiger partial charge in [0.25, 0.3) is 0 Å². The lowest BCUT2D eigenvalue weighted by Gasteiger charge is -2.13. The van der Waals surface area contributed by atoms with Gasteiger partial charge in [0.05, 0.1) is 12.6 Å². The van der Waals surface area contributed by atoms with Crippen LogP contribution in [0.1, 0.15) is 19.4 Å². The summed E-state index contributed by atoms with van der Waals surface area (Å²) < 4.78 is 34.1. The smallest absolute Gasteiger partial charge is 0.387 e. The molecule has 0 saturated carbocycles. The number of hydrogen-bond donors (Lipinski definition) is 2. The molecule has 0 spiro atoms. The van der Waals surface area contributed by atoms with E-state index in [0.29, 0.717) is 12.2 Å². The molecule has 21 heavy (non-hydrogen) atoms. The normalized spacial score (nSPS) is 11.5. The number of alkyl halides is 2. The summed E-state index contributed by atoms with van der Waals surface area (Å²) in [4.78, 5) is 11.3. The Morgan fingerprint density at radius 3 is 2.57 bits per heavy atom. The summed E-state index contributed by atoms with van der Waals surface area (Å²) in [5.74, 6) is -0.125. The van der Waals surface area contributed by atoms with Crippen LogP contribution in [0.3, 0.4) is 0 Å². The molecule has 1 aromatic rings. The molecule has 5 nitrogen and oxygen atoms in total. The molecule has 8 heteroatoms. The summed E-state index contributed by atoms with van der Waals surface area (Å²) in [6, 6.07) is 3.89. The highest BCUT2D eigenvalue weighted by atomic mass is 35.5. The van der Waals surface area contributed by atoms with Crippen molar-refractivity contribution in [2.75, 3.05) is 6.61 Å². The van der Waals surface area contributed by atoms with Gasteiger partial charge in [0.2, 0.25) is 5.91 Å². The van der Waals surface area contributed by atoms with Crippen LogP contribution in [0.15, 0.2) is 18.2 Å². The predicted molar refractivity (Wildman–Crippen MR) is 77.0 cm³/mol. The molecule has 0 aromatic heterocycles. The van der Waals surface area contributed by atoms with Crippen molar-refractivity contribution in [3.05, 3.63) is 23.8 Å². The zero-order valence-corrected chi connectivity index (χ0v) is 12.6. The lowest BCUT2D eigenvalue weighted by molar-refractivity contribution is -0.122. The van der Waals surface area contributed by atoms with Gasteiger partial charge < -0.3 is 20.5 Å². The standard InChI is InChI=1S/C13H18F2N2O3.ClH/c1-3-19-11-6-9(7-17-12(18)8(2)16)4-5-10(11)20-13(14)15;/h4-6,8,13H,3,7,16H2,1-2H3,(H,17,18);1H/t8-;/m0./s1. The second-order valence-corrected chi connectivity index (χ2v) is 4.10. The van der Waals surface area contributed by atoms with E-state index in [1.54, 1.807) is 26.0 Å². The maximum absolute atomic E-state index is 12.2. The first-order valence-electron chi connectivity index (χ1n) is 6.17. The second kappa shape index (κ2) is 9.36. The number of nitrogens with two attached hydrogens (primary N) is 1. The summed E-state index contributed by atoms with van der Waals surface area (Å²) in [5, 5.41) is 2.62. The highest BCUT2D eigenvalue weighted by Crippen LogP contribution is 2.29. The molecular formula is C13H19ClF2N2O3. The molecule has 0 radical (unpaired) electrons. The average molecular weight is 325 g/mol. The van der Waals surface area contributed by atoms with Crippen molar-refractivity contribution in [1.82, 2.24) is 5.32 Å². The average Bonchev–Trinajstić information content (AvgIpc) is 2.38. The number of hydrogen-bond acceptors (Lipinski definition) is 4. The largest absolute Gasteiger partial charge is 0.490 e. The summed E-state index contributed by atoms with van der Waals surface area (Å²) in [6.07, 6.45) is 0. The Bertz CT molecular complexity index is 459. The van der Waals surface area contributed by atoms with Crippen molar-refractivity contribution in [2.24, 2.45) is 5.73 Å². The molecule has 3 N–H and O–H groups in total. The van der Waals surface area contributed by atoms with E-state index in [1.807, 2.05) is 0 Å². The van der Waals surface area contributed by atoms with Crippen LogP contribution in [0.25, 0.3) is 0 Å². The van der Waals surface area contributed by atoms with E-state index in [1.165, 1.54) is 6.07 Å². The summed E-state index contributed by atoms with van der Waals surface area (Å²) >= 11 is 0. The highest BCUT2D eigenvalue weighted by molar-refractivity contribution is 5.85. The minimum absolute atomic E-state index is 0. The Kier molecular flexibility index (Phi) is 8.64. The molecule has 0 heterocycles. The zero-order valence-electron chi connectivity index (χ0n) is 11.8. The Labute approximate surface area is 128 Å². The van der Waals surface area contributed by atoms with Crippen LogP contribution in [0.4, 0.5) is 8.78 Å². The van der Waals surface area contributed by atoms with Gasteiger partial charge in [-0.05, 0) is 31.5 Å². The van der Waals surface area contributed by atoms with Crippen molar-refractivity contribution >= 4 is 18.3 Å². The number of carbonyl (C=O) groups excluding carboxylic acids is 1. The van der Waals surface area contributed by atoms with Gasteiger partial charge in [0.15, 0.2) is 11.5 Å². The molecule has 0 unspecified atom stereocenters.